The fourth-order valence-corrected chi connectivity index (χ4v) is 3.94. The van der Waals surface area contributed by atoms with Crippen molar-refractivity contribution in [3.63, 3.8) is 0 Å². The van der Waals surface area contributed by atoms with Crippen molar-refractivity contribution in [1.82, 2.24) is 19.5 Å². The quantitative estimate of drug-likeness (QED) is 0.267. The highest BCUT2D eigenvalue weighted by molar-refractivity contribution is 5.95. The predicted molar refractivity (Wildman–Crippen MR) is 137 cm³/mol. The maximum absolute atomic E-state index is 11.9. The third kappa shape index (κ3) is 4.61. The van der Waals surface area contributed by atoms with Gasteiger partial charge in [-0.25, -0.2) is 15.0 Å². The molecule has 0 aliphatic rings. The third-order valence-corrected chi connectivity index (χ3v) is 5.62. The zero-order valence-electron chi connectivity index (χ0n) is 19.8. The lowest BCUT2D eigenvalue weighted by Crippen LogP contribution is -2.05. The largest absolute Gasteiger partial charge is 0.457 e. The summed E-state index contributed by atoms with van der Waals surface area (Å²) >= 11 is 0. The van der Waals surface area contributed by atoms with Gasteiger partial charge in [-0.2, -0.15) is 0 Å². The number of ketones is 1. The molecule has 35 heavy (non-hydrogen) atoms. The smallest absolute Gasteiger partial charge is 0.166 e. The van der Waals surface area contributed by atoms with Crippen molar-refractivity contribution in [3.05, 3.63) is 90.8 Å². The van der Waals surface area contributed by atoms with E-state index >= 15 is 0 Å². The monoisotopic (exact) mass is 463 g/mol. The SMILES string of the molecule is CC(=O)c1cccc(-c2nc3c(Nc4ccc(Oc5ccccc5)cc4)ncnc3n2C(C)C)c1. The Morgan fingerprint density at radius 3 is 2.37 bits per heavy atom. The van der Waals surface area contributed by atoms with E-state index < -0.39 is 0 Å². The van der Waals surface area contributed by atoms with Crippen LogP contribution in [0.2, 0.25) is 0 Å². The summed E-state index contributed by atoms with van der Waals surface area (Å²) in [6, 6.07) is 24.9. The van der Waals surface area contributed by atoms with Crippen LogP contribution < -0.4 is 10.1 Å². The molecule has 0 saturated heterocycles. The average Bonchev–Trinajstić information content (AvgIpc) is 3.27. The van der Waals surface area contributed by atoms with Gasteiger partial charge in [0, 0.05) is 22.9 Å². The number of benzene rings is 3. The second kappa shape index (κ2) is 9.38. The van der Waals surface area contributed by atoms with Crippen molar-refractivity contribution in [2.75, 3.05) is 5.32 Å². The summed E-state index contributed by atoms with van der Waals surface area (Å²) in [6.45, 7) is 5.73. The average molecular weight is 464 g/mol. The van der Waals surface area contributed by atoms with E-state index in [1.165, 1.54) is 6.33 Å². The van der Waals surface area contributed by atoms with Gasteiger partial charge < -0.3 is 14.6 Å². The molecule has 3 aromatic carbocycles. The number of Topliss-reactive ketones (excluding diaryl/α,β-unsaturated/α-hetero) is 1. The first kappa shape index (κ1) is 22.3. The van der Waals surface area contributed by atoms with Crippen LogP contribution in [-0.4, -0.2) is 25.3 Å². The molecule has 0 bridgehead atoms. The fraction of sp³-hybridized carbons (Fsp3) is 0.143. The number of imidazole rings is 1. The highest BCUT2D eigenvalue weighted by Gasteiger charge is 2.20. The number of para-hydroxylation sites is 1. The minimum Gasteiger partial charge on any atom is -0.457 e. The molecule has 2 heterocycles. The Morgan fingerprint density at radius 2 is 1.66 bits per heavy atom. The molecule has 0 amide bonds. The Balaban J connectivity index is 1.49. The van der Waals surface area contributed by atoms with E-state index in [-0.39, 0.29) is 11.8 Å². The summed E-state index contributed by atoms with van der Waals surface area (Å²) in [4.78, 5) is 25.8. The van der Waals surface area contributed by atoms with E-state index in [4.69, 9.17) is 9.72 Å². The Labute approximate surface area is 203 Å². The van der Waals surface area contributed by atoms with Crippen LogP contribution in [-0.2, 0) is 0 Å². The number of carbonyl (C=O) groups is 1. The zero-order chi connectivity index (χ0) is 24.4. The van der Waals surface area contributed by atoms with E-state index in [9.17, 15) is 4.79 Å². The Hall–Kier alpha value is -4.52. The molecular weight excluding hydrogens is 438 g/mol. The fourth-order valence-electron chi connectivity index (χ4n) is 3.94. The number of hydrogen-bond acceptors (Lipinski definition) is 6. The first-order valence-electron chi connectivity index (χ1n) is 11.4. The number of aromatic nitrogens is 4. The summed E-state index contributed by atoms with van der Waals surface area (Å²) in [5, 5.41) is 3.36. The van der Waals surface area contributed by atoms with Crippen LogP contribution in [0.15, 0.2) is 85.2 Å². The normalized spacial score (nSPS) is 11.1. The zero-order valence-corrected chi connectivity index (χ0v) is 19.8. The van der Waals surface area contributed by atoms with Crippen LogP contribution in [0.5, 0.6) is 11.5 Å². The second-order valence-electron chi connectivity index (χ2n) is 8.50. The molecule has 174 valence electrons. The third-order valence-electron chi connectivity index (χ3n) is 5.62. The van der Waals surface area contributed by atoms with Crippen molar-refractivity contribution in [3.8, 4) is 22.9 Å². The van der Waals surface area contributed by atoms with E-state index in [0.717, 1.165) is 34.2 Å². The van der Waals surface area contributed by atoms with Crippen molar-refractivity contribution in [1.29, 1.82) is 0 Å². The molecule has 0 radical (unpaired) electrons. The van der Waals surface area contributed by atoms with E-state index in [1.807, 2.05) is 78.9 Å². The van der Waals surface area contributed by atoms with Crippen molar-refractivity contribution >= 4 is 28.5 Å². The van der Waals surface area contributed by atoms with Gasteiger partial charge in [0.25, 0.3) is 0 Å². The summed E-state index contributed by atoms with van der Waals surface area (Å²) in [6.07, 6.45) is 1.54. The van der Waals surface area contributed by atoms with Crippen LogP contribution in [0.1, 0.15) is 37.2 Å². The number of nitrogens with one attached hydrogen (secondary N) is 1. The molecule has 1 N–H and O–H groups in total. The van der Waals surface area contributed by atoms with Gasteiger partial charge in [0.1, 0.15) is 23.7 Å². The minimum absolute atomic E-state index is 0.0147. The van der Waals surface area contributed by atoms with Gasteiger partial charge in [0.05, 0.1) is 0 Å². The number of nitrogens with zero attached hydrogens (tertiary/aromatic N) is 4. The molecule has 0 atom stereocenters. The predicted octanol–water partition coefficient (Wildman–Crippen LogP) is 6.81. The number of carbonyl (C=O) groups excluding carboxylic acids is 1. The maximum Gasteiger partial charge on any atom is 0.166 e. The van der Waals surface area contributed by atoms with Crippen LogP contribution in [0, 0.1) is 0 Å². The molecular formula is C28H25N5O2. The minimum atomic E-state index is 0.0147. The van der Waals surface area contributed by atoms with Gasteiger partial charge in [0.15, 0.2) is 22.8 Å². The summed E-state index contributed by atoms with van der Waals surface area (Å²) in [5.74, 6) is 2.89. The molecule has 2 aromatic heterocycles. The van der Waals surface area contributed by atoms with Crippen LogP contribution >= 0.6 is 0 Å². The molecule has 0 aliphatic heterocycles. The van der Waals surface area contributed by atoms with Gasteiger partial charge in [-0.1, -0.05) is 36.4 Å². The number of ether oxygens (including phenoxy) is 1. The van der Waals surface area contributed by atoms with E-state index in [1.54, 1.807) is 6.92 Å². The topological polar surface area (TPSA) is 81.9 Å². The molecule has 0 unspecified atom stereocenters. The lowest BCUT2D eigenvalue weighted by atomic mass is 10.1. The Morgan fingerprint density at radius 1 is 0.914 bits per heavy atom. The second-order valence-corrected chi connectivity index (χ2v) is 8.50. The molecule has 0 spiro atoms. The molecule has 5 aromatic rings. The van der Waals surface area contributed by atoms with Crippen molar-refractivity contribution < 1.29 is 9.53 Å². The lowest BCUT2D eigenvalue weighted by molar-refractivity contribution is 0.101. The molecule has 0 saturated carbocycles. The van der Waals surface area contributed by atoms with Gasteiger partial charge in [-0.3, -0.25) is 4.79 Å². The van der Waals surface area contributed by atoms with Crippen molar-refractivity contribution in [2.24, 2.45) is 0 Å². The summed E-state index contributed by atoms with van der Waals surface area (Å²) < 4.78 is 7.95. The molecule has 7 nitrogen and oxygen atoms in total. The van der Waals surface area contributed by atoms with Gasteiger partial charge in [0.2, 0.25) is 0 Å². The molecule has 5 rings (SSSR count). The standard InChI is InChI=1S/C28H25N5O2/c1-18(2)33-27(21-9-7-8-20(16-21)19(3)34)32-25-26(29-17-30-28(25)33)31-22-12-14-24(15-13-22)35-23-10-5-4-6-11-23/h4-18H,1-3H3,(H,29,30,31). The first-order chi connectivity index (χ1) is 17.0. The van der Waals surface area contributed by atoms with Gasteiger partial charge in [-0.05, 0) is 63.2 Å². The summed E-state index contributed by atoms with van der Waals surface area (Å²) in [7, 11) is 0. The van der Waals surface area contributed by atoms with Gasteiger partial charge >= 0.3 is 0 Å². The van der Waals surface area contributed by atoms with Crippen LogP contribution in [0.3, 0.4) is 0 Å². The number of hydrogen-bond donors (Lipinski definition) is 1. The Kier molecular flexibility index (Phi) is 5.97. The highest BCUT2D eigenvalue weighted by Crippen LogP contribution is 2.32. The molecule has 0 fully saturated rings. The lowest BCUT2D eigenvalue weighted by Gasteiger charge is -2.13. The molecule has 7 heteroatoms. The van der Waals surface area contributed by atoms with Crippen LogP contribution in [0.4, 0.5) is 11.5 Å². The highest BCUT2D eigenvalue weighted by atomic mass is 16.5. The molecule has 0 aliphatic carbocycles. The van der Waals surface area contributed by atoms with E-state index in [0.29, 0.717) is 16.9 Å². The number of anilines is 2. The number of fused-ring (bicyclic) bond motifs is 1. The van der Waals surface area contributed by atoms with Crippen molar-refractivity contribution in [2.45, 2.75) is 26.8 Å². The van der Waals surface area contributed by atoms with Crippen LogP contribution in [0.25, 0.3) is 22.6 Å². The maximum atomic E-state index is 11.9. The van der Waals surface area contributed by atoms with Gasteiger partial charge in [-0.15, -0.1) is 0 Å². The number of rotatable bonds is 7. The van der Waals surface area contributed by atoms with E-state index in [2.05, 4.69) is 33.7 Å². The Bertz CT molecular complexity index is 1490. The first-order valence-corrected chi connectivity index (χ1v) is 11.4. The summed E-state index contributed by atoms with van der Waals surface area (Å²) in [5.41, 5.74) is 3.74.